The van der Waals surface area contributed by atoms with Crippen molar-refractivity contribution in [2.75, 3.05) is 6.54 Å². The number of hydrogen-bond acceptors (Lipinski definition) is 5. The SMILES string of the molecule is NC1=NC=C(O)N(O)C1. The van der Waals surface area contributed by atoms with Gasteiger partial charge in [0.1, 0.15) is 12.4 Å². The molecule has 1 aliphatic heterocycles. The van der Waals surface area contributed by atoms with E-state index >= 15 is 0 Å². The van der Waals surface area contributed by atoms with E-state index in [1.54, 1.807) is 0 Å². The van der Waals surface area contributed by atoms with Gasteiger partial charge in [-0.05, 0) is 0 Å². The van der Waals surface area contributed by atoms with Crippen molar-refractivity contribution in [1.82, 2.24) is 5.06 Å². The summed E-state index contributed by atoms with van der Waals surface area (Å²) in [7, 11) is 0. The van der Waals surface area contributed by atoms with Crippen molar-refractivity contribution >= 4 is 5.84 Å². The number of hydroxylamine groups is 2. The number of nitrogens with two attached hydrogens (primary N) is 1. The number of aliphatic hydroxyl groups excluding tert-OH is 1. The van der Waals surface area contributed by atoms with Crippen LogP contribution in [0.4, 0.5) is 0 Å². The van der Waals surface area contributed by atoms with Gasteiger partial charge in [0.15, 0.2) is 0 Å². The summed E-state index contributed by atoms with van der Waals surface area (Å²) in [6.45, 7) is 0.0579. The van der Waals surface area contributed by atoms with Crippen LogP contribution >= 0.6 is 0 Å². The molecule has 0 bridgehead atoms. The molecule has 50 valence electrons. The largest absolute Gasteiger partial charge is 0.492 e. The number of hydrogen-bond donors (Lipinski definition) is 3. The molecule has 5 heteroatoms. The van der Waals surface area contributed by atoms with E-state index in [2.05, 4.69) is 4.99 Å². The molecule has 0 atom stereocenters. The van der Waals surface area contributed by atoms with E-state index in [-0.39, 0.29) is 18.3 Å². The monoisotopic (exact) mass is 129 g/mol. The molecule has 0 saturated carbocycles. The number of amidine groups is 1. The Kier molecular flexibility index (Phi) is 1.27. The second-order valence-corrected chi connectivity index (χ2v) is 1.67. The lowest BCUT2D eigenvalue weighted by molar-refractivity contribution is -0.0811. The molecule has 1 heterocycles. The number of rotatable bonds is 0. The summed E-state index contributed by atoms with van der Waals surface area (Å²) in [6.07, 6.45) is 1.08. The van der Waals surface area contributed by atoms with Gasteiger partial charge in [0.25, 0.3) is 0 Å². The van der Waals surface area contributed by atoms with Crippen LogP contribution in [0, 0.1) is 0 Å². The molecule has 0 radical (unpaired) electrons. The average Bonchev–Trinajstić information content (AvgIpc) is 1.80. The molecule has 0 aliphatic carbocycles. The molecule has 4 N–H and O–H groups in total. The highest BCUT2D eigenvalue weighted by Crippen LogP contribution is 2.00. The minimum Gasteiger partial charge on any atom is -0.492 e. The molecule has 9 heavy (non-hydrogen) atoms. The third kappa shape index (κ3) is 1.11. The lowest BCUT2D eigenvalue weighted by Crippen LogP contribution is -2.33. The predicted octanol–water partition coefficient (Wildman–Crippen LogP) is -0.595. The van der Waals surface area contributed by atoms with Gasteiger partial charge >= 0.3 is 0 Å². The summed E-state index contributed by atoms with van der Waals surface area (Å²) in [6, 6.07) is 0. The Balaban J connectivity index is 2.74. The van der Waals surface area contributed by atoms with Gasteiger partial charge in [-0.15, -0.1) is 0 Å². The van der Waals surface area contributed by atoms with E-state index < -0.39 is 0 Å². The van der Waals surface area contributed by atoms with Gasteiger partial charge in [0.2, 0.25) is 5.88 Å². The molecular weight excluding hydrogens is 122 g/mol. The summed E-state index contributed by atoms with van der Waals surface area (Å²) in [5, 5.41) is 18.0. The molecule has 0 saturated heterocycles. The fourth-order valence-electron chi connectivity index (χ4n) is 0.483. The van der Waals surface area contributed by atoms with Crippen molar-refractivity contribution in [3.63, 3.8) is 0 Å². The molecule has 1 rings (SSSR count). The Labute approximate surface area is 51.7 Å². The van der Waals surface area contributed by atoms with E-state index in [1.165, 1.54) is 0 Å². The van der Waals surface area contributed by atoms with Crippen LogP contribution in [0.5, 0.6) is 0 Å². The van der Waals surface area contributed by atoms with Gasteiger partial charge in [-0.1, -0.05) is 0 Å². The van der Waals surface area contributed by atoms with Crippen LogP contribution in [0.1, 0.15) is 0 Å². The molecule has 1 aliphatic rings. The zero-order valence-corrected chi connectivity index (χ0v) is 4.65. The van der Waals surface area contributed by atoms with E-state index in [9.17, 15) is 0 Å². The molecule has 0 amide bonds. The fourth-order valence-corrected chi connectivity index (χ4v) is 0.483. The summed E-state index contributed by atoms with van der Waals surface area (Å²) in [5.41, 5.74) is 5.18. The van der Waals surface area contributed by atoms with Crippen LogP contribution in [-0.2, 0) is 0 Å². The molecule has 0 unspecified atom stereocenters. The zero-order valence-electron chi connectivity index (χ0n) is 4.65. The van der Waals surface area contributed by atoms with Crippen LogP contribution in [-0.4, -0.2) is 27.8 Å². The first-order valence-electron chi connectivity index (χ1n) is 2.38. The summed E-state index contributed by atoms with van der Waals surface area (Å²) in [4.78, 5) is 3.54. The first kappa shape index (κ1) is 5.90. The van der Waals surface area contributed by atoms with Crippen LogP contribution in [0.3, 0.4) is 0 Å². The maximum atomic E-state index is 8.70. The normalized spacial score (nSPS) is 19.0. The first-order chi connectivity index (χ1) is 4.20. The van der Waals surface area contributed by atoms with Crippen LogP contribution in [0.2, 0.25) is 0 Å². The second-order valence-electron chi connectivity index (χ2n) is 1.67. The lowest BCUT2D eigenvalue weighted by atomic mass is 10.5. The van der Waals surface area contributed by atoms with E-state index in [1.807, 2.05) is 0 Å². The molecule has 0 fully saturated rings. The van der Waals surface area contributed by atoms with Gasteiger partial charge in [-0.25, -0.2) is 10.1 Å². The minimum absolute atomic E-state index is 0.0579. The van der Waals surface area contributed by atoms with Gasteiger partial charge in [-0.2, -0.15) is 0 Å². The molecule has 0 aromatic rings. The lowest BCUT2D eigenvalue weighted by Gasteiger charge is -2.16. The number of aliphatic imine (C=N–C) groups is 1. The van der Waals surface area contributed by atoms with E-state index in [4.69, 9.17) is 16.0 Å². The van der Waals surface area contributed by atoms with Gasteiger partial charge in [-0.3, -0.25) is 5.21 Å². The topological polar surface area (TPSA) is 82.1 Å². The summed E-state index contributed by atoms with van der Waals surface area (Å²) in [5.74, 6) is -0.0144. The van der Waals surface area contributed by atoms with Crippen LogP contribution in [0.15, 0.2) is 17.1 Å². The number of nitrogens with zero attached hydrogens (tertiary/aromatic N) is 2. The number of aliphatic hydroxyl groups is 1. The van der Waals surface area contributed by atoms with Gasteiger partial charge in [0.05, 0.1) is 6.20 Å². The van der Waals surface area contributed by atoms with E-state index in [0.29, 0.717) is 5.06 Å². The third-order valence-electron chi connectivity index (χ3n) is 0.922. The maximum Gasteiger partial charge on any atom is 0.230 e. The third-order valence-corrected chi connectivity index (χ3v) is 0.922. The Morgan fingerprint density at radius 1 is 1.78 bits per heavy atom. The molecular formula is C4H7N3O2. The molecule has 0 aromatic carbocycles. The second kappa shape index (κ2) is 1.94. The molecule has 0 spiro atoms. The fraction of sp³-hybridized carbons (Fsp3) is 0.250. The standard InChI is InChI=1S/C4H7N3O2/c5-3-2-7(9)4(8)1-6-3/h1,8-9H,2H2,(H2,5,6). The summed E-state index contributed by atoms with van der Waals surface area (Å²) >= 11 is 0. The molecule has 5 nitrogen and oxygen atoms in total. The predicted molar refractivity (Wildman–Crippen MR) is 30.8 cm³/mol. The highest BCUT2D eigenvalue weighted by Gasteiger charge is 2.09. The van der Waals surface area contributed by atoms with Crippen LogP contribution < -0.4 is 5.73 Å². The van der Waals surface area contributed by atoms with Crippen molar-refractivity contribution in [2.45, 2.75) is 0 Å². The van der Waals surface area contributed by atoms with Crippen molar-refractivity contribution in [3.8, 4) is 0 Å². The highest BCUT2D eigenvalue weighted by atomic mass is 16.5. The van der Waals surface area contributed by atoms with Crippen molar-refractivity contribution < 1.29 is 10.3 Å². The van der Waals surface area contributed by atoms with Crippen molar-refractivity contribution in [3.05, 3.63) is 12.1 Å². The van der Waals surface area contributed by atoms with Gasteiger partial charge < -0.3 is 10.8 Å². The molecule has 0 aromatic heterocycles. The maximum absolute atomic E-state index is 8.70. The average molecular weight is 129 g/mol. The Morgan fingerprint density at radius 2 is 2.44 bits per heavy atom. The Hall–Kier alpha value is -1.23. The smallest absolute Gasteiger partial charge is 0.230 e. The highest BCUT2D eigenvalue weighted by molar-refractivity contribution is 5.83. The van der Waals surface area contributed by atoms with Crippen molar-refractivity contribution in [1.29, 1.82) is 0 Å². The quantitative estimate of drug-likeness (QED) is 0.408. The first-order valence-corrected chi connectivity index (χ1v) is 2.38. The Morgan fingerprint density at radius 3 is 2.89 bits per heavy atom. The zero-order chi connectivity index (χ0) is 6.85. The summed E-state index contributed by atoms with van der Waals surface area (Å²) < 4.78 is 0. The van der Waals surface area contributed by atoms with Gasteiger partial charge in [0, 0.05) is 0 Å². The minimum atomic E-state index is -0.288. The Bertz CT molecular complexity index is 175. The van der Waals surface area contributed by atoms with Crippen LogP contribution in [0.25, 0.3) is 0 Å². The van der Waals surface area contributed by atoms with E-state index in [0.717, 1.165) is 6.20 Å². The van der Waals surface area contributed by atoms with Crippen molar-refractivity contribution in [2.24, 2.45) is 10.7 Å².